The molecule has 3 rings (SSSR count). The van der Waals surface area contributed by atoms with Crippen LogP contribution in [-0.4, -0.2) is 24.0 Å². The van der Waals surface area contributed by atoms with Gasteiger partial charge >= 0.3 is 0 Å². The zero-order valence-electron chi connectivity index (χ0n) is 12.6. The van der Waals surface area contributed by atoms with Crippen LogP contribution in [0.2, 0.25) is 5.02 Å². The Bertz CT molecular complexity index is 682. The molecular weight excluding hydrogens is 316 g/mol. The van der Waals surface area contributed by atoms with Crippen LogP contribution in [0.4, 0.5) is 0 Å². The number of benzene rings is 1. The van der Waals surface area contributed by atoms with Gasteiger partial charge in [0.1, 0.15) is 5.01 Å². The summed E-state index contributed by atoms with van der Waals surface area (Å²) in [6, 6.07) is 8.51. The van der Waals surface area contributed by atoms with Gasteiger partial charge in [-0.3, -0.25) is 4.99 Å². The van der Waals surface area contributed by atoms with E-state index >= 15 is 0 Å². The van der Waals surface area contributed by atoms with E-state index in [0.717, 1.165) is 22.4 Å². The molecule has 1 fully saturated rings. The minimum atomic E-state index is 0.419. The summed E-state index contributed by atoms with van der Waals surface area (Å²) in [5.74, 6) is 1.33. The fourth-order valence-corrected chi connectivity index (χ4v) is 3.40. The van der Waals surface area contributed by atoms with Crippen LogP contribution in [0.5, 0.6) is 0 Å². The number of rotatable bonds is 4. The Labute approximate surface area is 139 Å². The Morgan fingerprint density at radius 2 is 2.36 bits per heavy atom. The van der Waals surface area contributed by atoms with Crippen LogP contribution in [0.15, 0.2) is 35.5 Å². The van der Waals surface area contributed by atoms with E-state index < -0.39 is 0 Å². The molecule has 22 heavy (non-hydrogen) atoms. The molecule has 0 amide bonds. The molecule has 1 aliphatic rings. The van der Waals surface area contributed by atoms with Crippen molar-refractivity contribution in [3.05, 3.63) is 50.9 Å². The second-order valence-corrected chi connectivity index (χ2v) is 7.19. The number of aliphatic imine (C=N–C) groups is 1. The number of nitrogens with one attached hydrogen (secondary N) is 2. The molecule has 0 radical (unpaired) electrons. The van der Waals surface area contributed by atoms with Gasteiger partial charge in [0.15, 0.2) is 5.96 Å². The normalized spacial score (nSPS) is 20.8. The number of guanidine groups is 1. The third kappa shape index (κ3) is 3.78. The van der Waals surface area contributed by atoms with Crippen LogP contribution in [0.25, 0.3) is 0 Å². The number of halogens is 1. The van der Waals surface area contributed by atoms with E-state index in [1.807, 2.05) is 24.4 Å². The number of hydrogen-bond acceptors (Lipinski definition) is 3. The fraction of sp³-hybridized carbons (Fsp3) is 0.375. The quantitative estimate of drug-likeness (QED) is 0.666. The van der Waals surface area contributed by atoms with E-state index in [-0.39, 0.29) is 0 Å². The molecule has 1 aliphatic carbocycles. The number of aryl methyl sites for hydroxylation is 1. The van der Waals surface area contributed by atoms with Crippen LogP contribution in [0.3, 0.4) is 0 Å². The molecule has 0 spiro atoms. The maximum atomic E-state index is 6.05. The lowest BCUT2D eigenvalue weighted by molar-refractivity contribution is 0.787. The molecule has 1 aromatic heterocycles. The van der Waals surface area contributed by atoms with Crippen molar-refractivity contribution in [1.82, 2.24) is 15.6 Å². The largest absolute Gasteiger partial charge is 0.353 e. The van der Waals surface area contributed by atoms with Gasteiger partial charge < -0.3 is 10.6 Å². The molecule has 2 atom stereocenters. The van der Waals surface area contributed by atoms with E-state index in [2.05, 4.69) is 33.6 Å². The van der Waals surface area contributed by atoms with Crippen molar-refractivity contribution in [2.75, 3.05) is 7.05 Å². The number of hydrogen-bond donors (Lipinski definition) is 2. The molecule has 2 N–H and O–H groups in total. The summed E-state index contributed by atoms with van der Waals surface area (Å²) in [6.07, 6.45) is 3.01. The topological polar surface area (TPSA) is 49.3 Å². The van der Waals surface area contributed by atoms with Gasteiger partial charge in [0, 0.05) is 35.1 Å². The summed E-state index contributed by atoms with van der Waals surface area (Å²) in [4.78, 5) is 9.85. The smallest absolute Gasteiger partial charge is 0.191 e. The van der Waals surface area contributed by atoms with Crippen molar-refractivity contribution >= 4 is 28.9 Å². The van der Waals surface area contributed by atoms with Gasteiger partial charge in [-0.1, -0.05) is 23.7 Å². The third-order valence-corrected chi connectivity index (χ3v) is 4.84. The van der Waals surface area contributed by atoms with E-state index in [4.69, 9.17) is 11.6 Å². The highest BCUT2D eigenvalue weighted by atomic mass is 35.5. The van der Waals surface area contributed by atoms with Gasteiger partial charge in [-0.2, -0.15) is 0 Å². The number of aromatic nitrogens is 1. The van der Waals surface area contributed by atoms with Crippen molar-refractivity contribution in [3.63, 3.8) is 0 Å². The first kappa shape index (κ1) is 15.3. The lowest BCUT2D eigenvalue weighted by Crippen LogP contribution is -2.38. The van der Waals surface area contributed by atoms with E-state index in [1.165, 1.54) is 10.4 Å². The summed E-state index contributed by atoms with van der Waals surface area (Å²) in [6.45, 7) is 2.76. The molecule has 2 aromatic rings. The summed E-state index contributed by atoms with van der Waals surface area (Å²) >= 11 is 7.76. The third-order valence-electron chi connectivity index (χ3n) is 3.69. The predicted octanol–water partition coefficient (Wildman–Crippen LogP) is 3.33. The molecule has 1 heterocycles. The summed E-state index contributed by atoms with van der Waals surface area (Å²) in [5, 5.41) is 8.64. The van der Waals surface area contributed by atoms with Gasteiger partial charge in [0.2, 0.25) is 0 Å². The molecule has 1 saturated carbocycles. The number of nitrogens with zero attached hydrogens (tertiary/aromatic N) is 2. The van der Waals surface area contributed by atoms with Crippen LogP contribution >= 0.6 is 22.9 Å². The molecule has 4 nitrogen and oxygen atoms in total. The first-order valence-corrected chi connectivity index (χ1v) is 8.49. The highest BCUT2D eigenvalue weighted by Crippen LogP contribution is 2.41. The monoisotopic (exact) mass is 334 g/mol. The van der Waals surface area contributed by atoms with Crippen LogP contribution in [0.1, 0.15) is 27.8 Å². The molecule has 1 aromatic carbocycles. The molecule has 6 heteroatoms. The molecule has 0 aliphatic heterocycles. The van der Waals surface area contributed by atoms with E-state index in [1.54, 1.807) is 18.4 Å². The Balaban J connectivity index is 1.52. The second kappa shape index (κ2) is 6.67. The van der Waals surface area contributed by atoms with Crippen LogP contribution < -0.4 is 10.6 Å². The maximum absolute atomic E-state index is 6.05. The molecular formula is C16H19ClN4S. The zero-order chi connectivity index (χ0) is 15.5. The van der Waals surface area contributed by atoms with Crippen LogP contribution in [-0.2, 0) is 6.54 Å². The van der Waals surface area contributed by atoms with Gasteiger partial charge in [-0.25, -0.2) is 4.98 Å². The van der Waals surface area contributed by atoms with Gasteiger partial charge in [0.25, 0.3) is 0 Å². The van der Waals surface area contributed by atoms with Crippen molar-refractivity contribution in [2.45, 2.75) is 31.8 Å². The van der Waals surface area contributed by atoms with Crippen molar-refractivity contribution < 1.29 is 0 Å². The Kier molecular flexibility index (Phi) is 4.64. The molecule has 0 bridgehead atoms. The Hall–Kier alpha value is -1.59. The maximum Gasteiger partial charge on any atom is 0.191 e. The molecule has 0 saturated heterocycles. The minimum Gasteiger partial charge on any atom is -0.353 e. The minimum absolute atomic E-state index is 0.419. The van der Waals surface area contributed by atoms with Crippen molar-refractivity contribution in [3.8, 4) is 0 Å². The van der Waals surface area contributed by atoms with E-state index in [9.17, 15) is 0 Å². The second-order valence-electron chi connectivity index (χ2n) is 5.44. The average molecular weight is 335 g/mol. The zero-order valence-corrected chi connectivity index (χ0v) is 14.2. The first-order chi connectivity index (χ1) is 10.7. The Morgan fingerprint density at radius 3 is 3.05 bits per heavy atom. The predicted molar refractivity (Wildman–Crippen MR) is 92.8 cm³/mol. The summed E-state index contributed by atoms with van der Waals surface area (Å²) in [5.41, 5.74) is 1.29. The Morgan fingerprint density at radius 1 is 1.50 bits per heavy atom. The average Bonchev–Trinajstić information content (AvgIpc) is 3.16. The molecule has 2 unspecified atom stereocenters. The SMILES string of the molecule is CN=C(NCc1ncc(C)s1)NC1CC1c1cccc(Cl)c1. The lowest BCUT2D eigenvalue weighted by Gasteiger charge is -2.11. The fourth-order valence-electron chi connectivity index (χ4n) is 2.47. The first-order valence-electron chi connectivity index (χ1n) is 7.29. The van der Waals surface area contributed by atoms with Gasteiger partial charge in [-0.05, 0) is 31.0 Å². The van der Waals surface area contributed by atoms with Gasteiger partial charge in [-0.15, -0.1) is 11.3 Å². The number of thiazole rings is 1. The molecule has 116 valence electrons. The van der Waals surface area contributed by atoms with E-state index in [0.29, 0.717) is 18.5 Å². The standard InChI is InChI=1S/C16H19ClN4S/c1-10-8-19-15(22-10)9-20-16(18-2)21-14-7-13(14)11-4-3-5-12(17)6-11/h3-6,8,13-14H,7,9H2,1-2H3,(H2,18,20,21). The highest BCUT2D eigenvalue weighted by molar-refractivity contribution is 7.11. The van der Waals surface area contributed by atoms with Crippen molar-refractivity contribution in [2.24, 2.45) is 4.99 Å². The lowest BCUT2D eigenvalue weighted by atomic mass is 10.1. The van der Waals surface area contributed by atoms with Crippen LogP contribution in [0, 0.1) is 6.92 Å². The summed E-state index contributed by atoms with van der Waals surface area (Å²) in [7, 11) is 1.79. The van der Waals surface area contributed by atoms with Crippen molar-refractivity contribution in [1.29, 1.82) is 0 Å². The summed E-state index contributed by atoms with van der Waals surface area (Å²) < 4.78 is 0. The van der Waals surface area contributed by atoms with Gasteiger partial charge in [0.05, 0.1) is 6.54 Å². The highest BCUT2D eigenvalue weighted by Gasteiger charge is 2.39.